The van der Waals surface area contributed by atoms with Crippen LogP contribution in [0.5, 0.6) is 0 Å². The summed E-state index contributed by atoms with van der Waals surface area (Å²) in [5.41, 5.74) is 5.62. The highest BCUT2D eigenvalue weighted by atomic mass is 16.3. The van der Waals surface area contributed by atoms with Gasteiger partial charge in [0.2, 0.25) is 0 Å². The predicted molar refractivity (Wildman–Crippen MR) is 89.9 cm³/mol. The van der Waals surface area contributed by atoms with Gasteiger partial charge in [-0.1, -0.05) is 83.3 Å². The summed E-state index contributed by atoms with van der Waals surface area (Å²) < 4.78 is 0. The van der Waals surface area contributed by atoms with Crippen molar-refractivity contribution in [3.8, 4) is 0 Å². The summed E-state index contributed by atoms with van der Waals surface area (Å²) in [7, 11) is 0. The number of aliphatic hydroxyl groups excluding tert-OH is 1. The smallest absolute Gasteiger partial charge is 0.0585 e. The van der Waals surface area contributed by atoms with Gasteiger partial charge in [0.25, 0.3) is 0 Å². The molecule has 0 rings (SSSR count). The molecule has 0 heterocycles. The van der Waals surface area contributed by atoms with E-state index in [4.69, 9.17) is 10.8 Å². The van der Waals surface area contributed by atoms with Gasteiger partial charge in [-0.2, -0.15) is 0 Å². The van der Waals surface area contributed by atoms with Gasteiger partial charge in [0.15, 0.2) is 0 Å². The number of allylic oxidation sites excluding steroid dienone is 1. The lowest BCUT2D eigenvalue weighted by molar-refractivity contribution is 0.266. The zero-order valence-electron chi connectivity index (χ0n) is 13.7. The molecule has 0 amide bonds. The first-order valence-corrected chi connectivity index (χ1v) is 8.82. The normalized spacial score (nSPS) is 13.2. The molecule has 2 nitrogen and oxygen atoms in total. The van der Waals surface area contributed by atoms with Gasteiger partial charge in [0, 0.05) is 6.04 Å². The van der Waals surface area contributed by atoms with Crippen molar-refractivity contribution in [1.29, 1.82) is 0 Å². The zero-order valence-corrected chi connectivity index (χ0v) is 13.7. The van der Waals surface area contributed by atoms with Gasteiger partial charge in [0.1, 0.15) is 0 Å². The zero-order chi connectivity index (χ0) is 14.9. The Bertz CT molecular complexity index is 204. The Morgan fingerprint density at radius 1 is 0.800 bits per heavy atom. The first-order chi connectivity index (χ1) is 9.81. The average Bonchev–Trinajstić information content (AvgIpc) is 2.47. The summed E-state index contributed by atoms with van der Waals surface area (Å²) in [5, 5.41) is 8.78. The minimum Gasteiger partial charge on any atom is -0.395 e. The molecule has 0 unspecified atom stereocenters. The van der Waals surface area contributed by atoms with Gasteiger partial charge >= 0.3 is 0 Å². The maximum absolute atomic E-state index is 8.78. The number of aliphatic hydroxyl groups is 1. The summed E-state index contributed by atoms with van der Waals surface area (Å²) in [6, 6.07) is -0.0800. The fourth-order valence-electron chi connectivity index (χ4n) is 2.39. The standard InChI is InChI=1S/C18H37NO/c1-2-3-4-5-6-7-8-9-10-11-12-13-14-15-16-18(19)17-20/h14-15,18,20H,2-13,16-17,19H2,1H3/b15-14-/t18-/m0/s1. The lowest BCUT2D eigenvalue weighted by Crippen LogP contribution is -2.22. The van der Waals surface area contributed by atoms with Crippen LogP contribution >= 0.6 is 0 Å². The highest BCUT2D eigenvalue weighted by Crippen LogP contribution is 2.12. The van der Waals surface area contributed by atoms with E-state index in [9.17, 15) is 0 Å². The van der Waals surface area contributed by atoms with Gasteiger partial charge in [-0.15, -0.1) is 0 Å². The second-order valence-electron chi connectivity index (χ2n) is 5.97. The van der Waals surface area contributed by atoms with Gasteiger partial charge in [0.05, 0.1) is 6.61 Å². The van der Waals surface area contributed by atoms with Crippen molar-refractivity contribution in [3.63, 3.8) is 0 Å². The lowest BCUT2D eigenvalue weighted by atomic mass is 10.1. The van der Waals surface area contributed by atoms with E-state index in [-0.39, 0.29) is 12.6 Å². The molecule has 0 aromatic carbocycles. The van der Waals surface area contributed by atoms with Crippen molar-refractivity contribution in [3.05, 3.63) is 12.2 Å². The second kappa shape index (κ2) is 16.7. The second-order valence-corrected chi connectivity index (χ2v) is 5.97. The van der Waals surface area contributed by atoms with Crippen molar-refractivity contribution in [1.82, 2.24) is 0 Å². The molecule has 20 heavy (non-hydrogen) atoms. The predicted octanol–water partition coefficient (Wildman–Crippen LogP) is 4.95. The third kappa shape index (κ3) is 15.7. The molecule has 0 bridgehead atoms. The van der Waals surface area contributed by atoms with Crippen molar-refractivity contribution >= 4 is 0 Å². The Balaban J connectivity index is 3.06. The van der Waals surface area contributed by atoms with Gasteiger partial charge in [-0.25, -0.2) is 0 Å². The summed E-state index contributed by atoms with van der Waals surface area (Å²) >= 11 is 0. The fraction of sp³-hybridized carbons (Fsp3) is 0.889. The Morgan fingerprint density at radius 3 is 1.80 bits per heavy atom. The van der Waals surface area contributed by atoms with E-state index in [1.807, 2.05) is 0 Å². The van der Waals surface area contributed by atoms with Crippen molar-refractivity contribution in [2.45, 2.75) is 96.4 Å². The molecule has 0 fully saturated rings. The number of rotatable bonds is 15. The van der Waals surface area contributed by atoms with Crippen LogP contribution in [0.2, 0.25) is 0 Å². The van der Waals surface area contributed by atoms with E-state index in [1.54, 1.807) is 0 Å². The molecule has 120 valence electrons. The Hall–Kier alpha value is -0.340. The van der Waals surface area contributed by atoms with Crippen LogP contribution in [0, 0.1) is 0 Å². The topological polar surface area (TPSA) is 46.2 Å². The van der Waals surface area contributed by atoms with Crippen LogP contribution in [0.4, 0.5) is 0 Å². The van der Waals surface area contributed by atoms with E-state index in [1.165, 1.54) is 70.6 Å². The monoisotopic (exact) mass is 283 g/mol. The quantitative estimate of drug-likeness (QED) is 0.330. The molecule has 1 atom stereocenters. The summed E-state index contributed by atoms with van der Waals surface area (Å²) in [5.74, 6) is 0. The SMILES string of the molecule is CCCCCCCCCCCCC/C=C\C[C@H](N)CO. The fourth-order valence-corrected chi connectivity index (χ4v) is 2.39. The molecular weight excluding hydrogens is 246 g/mol. The van der Waals surface area contributed by atoms with E-state index in [0.29, 0.717) is 0 Å². The maximum Gasteiger partial charge on any atom is 0.0585 e. The Morgan fingerprint density at radius 2 is 1.30 bits per heavy atom. The van der Waals surface area contributed by atoms with Crippen LogP contribution in [0.25, 0.3) is 0 Å². The average molecular weight is 284 g/mol. The number of nitrogens with two attached hydrogens (primary N) is 1. The molecule has 0 radical (unpaired) electrons. The minimum atomic E-state index is -0.0800. The lowest BCUT2D eigenvalue weighted by Gasteiger charge is -2.03. The molecule has 0 aliphatic carbocycles. The van der Waals surface area contributed by atoms with Gasteiger partial charge < -0.3 is 10.8 Å². The van der Waals surface area contributed by atoms with E-state index >= 15 is 0 Å². The molecule has 0 aromatic heterocycles. The van der Waals surface area contributed by atoms with Crippen LogP contribution < -0.4 is 5.73 Å². The summed E-state index contributed by atoms with van der Waals surface area (Å²) in [4.78, 5) is 0. The van der Waals surface area contributed by atoms with E-state index < -0.39 is 0 Å². The van der Waals surface area contributed by atoms with Crippen LogP contribution in [0.3, 0.4) is 0 Å². The van der Waals surface area contributed by atoms with E-state index in [2.05, 4.69) is 19.1 Å². The molecule has 3 N–H and O–H groups in total. The van der Waals surface area contributed by atoms with Crippen molar-refractivity contribution in [2.75, 3.05) is 6.61 Å². The molecule has 0 saturated heterocycles. The van der Waals surface area contributed by atoms with Gasteiger partial charge in [-0.3, -0.25) is 0 Å². The van der Waals surface area contributed by atoms with E-state index in [0.717, 1.165) is 12.8 Å². The third-order valence-electron chi connectivity index (χ3n) is 3.81. The Labute approximate surface area is 126 Å². The number of hydrogen-bond donors (Lipinski definition) is 2. The first kappa shape index (κ1) is 19.7. The number of hydrogen-bond acceptors (Lipinski definition) is 2. The molecular formula is C18H37NO. The first-order valence-electron chi connectivity index (χ1n) is 8.82. The minimum absolute atomic E-state index is 0.0800. The van der Waals surface area contributed by atoms with Gasteiger partial charge in [-0.05, 0) is 19.3 Å². The van der Waals surface area contributed by atoms with Crippen LogP contribution in [0.15, 0.2) is 12.2 Å². The highest BCUT2D eigenvalue weighted by molar-refractivity contribution is 4.85. The molecule has 0 aliphatic rings. The van der Waals surface area contributed by atoms with Crippen LogP contribution in [0.1, 0.15) is 90.4 Å². The van der Waals surface area contributed by atoms with Crippen LogP contribution in [-0.2, 0) is 0 Å². The van der Waals surface area contributed by atoms with Crippen molar-refractivity contribution in [2.24, 2.45) is 5.73 Å². The molecule has 2 heteroatoms. The molecule has 0 aliphatic heterocycles. The van der Waals surface area contributed by atoms with Crippen LogP contribution in [-0.4, -0.2) is 17.8 Å². The molecule has 0 saturated carbocycles. The number of unbranched alkanes of at least 4 members (excludes halogenated alkanes) is 11. The largest absolute Gasteiger partial charge is 0.395 e. The highest BCUT2D eigenvalue weighted by Gasteiger charge is 1.95. The summed E-state index contributed by atoms with van der Waals surface area (Å²) in [6.45, 7) is 2.36. The summed E-state index contributed by atoms with van der Waals surface area (Å²) in [6.07, 6.45) is 21.7. The Kier molecular flexibility index (Phi) is 16.4. The molecule has 0 spiro atoms. The molecule has 0 aromatic rings. The van der Waals surface area contributed by atoms with Crippen molar-refractivity contribution < 1.29 is 5.11 Å². The maximum atomic E-state index is 8.78. The third-order valence-corrected chi connectivity index (χ3v) is 3.81.